The van der Waals surface area contributed by atoms with E-state index in [2.05, 4.69) is 0 Å². The van der Waals surface area contributed by atoms with Gasteiger partial charge in [-0.3, -0.25) is 0 Å². The Labute approximate surface area is 85.9 Å². The van der Waals surface area contributed by atoms with Gasteiger partial charge in [0.2, 0.25) is 0 Å². The molecule has 0 aliphatic heterocycles. The molecule has 2 saturated carbocycles. The smallest absolute Gasteiger partial charge is 0.0608 e. The molecule has 0 aromatic heterocycles. The van der Waals surface area contributed by atoms with E-state index in [9.17, 15) is 0 Å². The van der Waals surface area contributed by atoms with Crippen LogP contribution in [0, 0.1) is 0 Å². The number of hydrogen-bond donors (Lipinski definition) is 1. The second-order valence-electron chi connectivity index (χ2n) is 4.64. The Bertz CT molecular complexity index is 180. The molecular weight excluding hydrogens is 178 g/mol. The van der Waals surface area contributed by atoms with E-state index in [1.165, 1.54) is 19.3 Å². The van der Waals surface area contributed by atoms with Crippen molar-refractivity contribution in [3.05, 3.63) is 0 Å². The van der Waals surface area contributed by atoms with Gasteiger partial charge in [-0.15, -0.1) is 0 Å². The van der Waals surface area contributed by atoms with Gasteiger partial charge in [0, 0.05) is 13.2 Å². The second kappa shape index (κ2) is 4.60. The van der Waals surface area contributed by atoms with E-state index in [0.717, 1.165) is 19.3 Å². The second-order valence-corrected chi connectivity index (χ2v) is 4.64. The molecule has 82 valence electrons. The van der Waals surface area contributed by atoms with Crippen molar-refractivity contribution >= 4 is 0 Å². The first kappa shape index (κ1) is 10.4. The molecule has 0 aromatic rings. The van der Waals surface area contributed by atoms with Crippen LogP contribution >= 0.6 is 0 Å². The lowest BCUT2D eigenvalue weighted by atomic mass is 9.89. The van der Waals surface area contributed by atoms with Crippen molar-refractivity contribution in [3.63, 3.8) is 0 Å². The van der Waals surface area contributed by atoms with Gasteiger partial charge in [-0.2, -0.15) is 0 Å². The van der Waals surface area contributed by atoms with E-state index in [4.69, 9.17) is 15.2 Å². The van der Waals surface area contributed by atoms with Crippen molar-refractivity contribution in [2.24, 2.45) is 5.73 Å². The zero-order valence-electron chi connectivity index (χ0n) is 8.95. The van der Waals surface area contributed by atoms with E-state index in [1.54, 1.807) is 7.11 Å². The largest absolute Gasteiger partial charge is 0.381 e. The minimum absolute atomic E-state index is 0.391. The Kier molecular flexibility index (Phi) is 3.42. The third-order valence-corrected chi connectivity index (χ3v) is 3.43. The normalized spacial score (nSPS) is 43.3. The van der Waals surface area contributed by atoms with Crippen LogP contribution in [0.15, 0.2) is 0 Å². The molecule has 14 heavy (non-hydrogen) atoms. The molecule has 0 heterocycles. The first-order valence-corrected chi connectivity index (χ1v) is 5.71. The van der Waals surface area contributed by atoms with Crippen LogP contribution in [0.1, 0.15) is 38.5 Å². The number of rotatable bonds is 3. The minimum atomic E-state index is 0.391. The lowest BCUT2D eigenvalue weighted by molar-refractivity contribution is -0.0942. The maximum Gasteiger partial charge on any atom is 0.0608 e. The summed E-state index contributed by atoms with van der Waals surface area (Å²) in [5, 5.41) is 0. The fourth-order valence-electron chi connectivity index (χ4n) is 2.43. The fraction of sp³-hybridized carbons (Fsp3) is 1.00. The first-order chi connectivity index (χ1) is 6.78. The highest BCUT2D eigenvalue weighted by molar-refractivity contribution is 4.85. The van der Waals surface area contributed by atoms with Gasteiger partial charge < -0.3 is 15.2 Å². The van der Waals surface area contributed by atoms with Gasteiger partial charge in [-0.1, -0.05) is 0 Å². The van der Waals surface area contributed by atoms with Crippen LogP contribution in [0.4, 0.5) is 0 Å². The van der Waals surface area contributed by atoms with E-state index >= 15 is 0 Å². The summed E-state index contributed by atoms with van der Waals surface area (Å²) in [4.78, 5) is 0. The Morgan fingerprint density at radius 2 is 1.71 bits per heavy atom. The maximum absolute atomic E-state index is 5.97. The summed E-state index contributed by atoms with van der Waals surface area (Å²) in [6.45, 7) is 0. The number of ether oxygens (including phenoxy) is 2. The van der Waals surface area contributed by atoms with Crippen molar-refractivity contribution in [3.8, 4) is 0 Å². The molecule has 2 rings (SSSR count). The molecule has 3 nitrogen and oxygen atoms in total. The van der Waals surface area contributed by atoms with E-state index in [1.807, 2.05) is 0 Å². The summed E-state index contributed by atoms with van der Waals surface area (Å²) in [5.41, 5.74) is 5.72. The van der Waals surface area contributed by atoms with E-state index in [-0.39, 0.29) is 0 Å². The highest BCUT2D eigenvalue weighted by Gasteiger charge is 2.31. The summed E-state index contributed by atoms with van der Waals surface area (Å²) < 4.78 is 11.3. The van der Waals surface area contributed by atoms with Gasteiger partial charge in [0.25, 0.3) is 0 Å². The molecule has 2 aliphatic carbocycles. The fourth-order valence-corrected chi connectivity index (χ4v) is 2.43. The molecule has 0 saturated heterocycles. The number of nitrogens with two attached hydrogens (primary N) is 1. The Balaban J connectivity index is 1.69. The molecule has 2 atom stereocenters. The van der Waals surface area contributed by atoms with Gasteiger partial charge in [0.05, 0.1) is 18.3 Å². The highest BCUT2D eigenvalue weighted by Crippen LogP contribution is 2.29. The average molecular weight is 199 g/mol. The molecule has 2 aliphatic rings. The van der Waals surface area contributed by atoms with Crippen molar-refractivity contribution in [2.45, 2.75) is 62.9 Å². The summed E-state index contributed by atoms with van der Waals surface area (Å²) in [7, 11) is 1.80. The lowest BCUT2D eigenvalue weighted by Crippen LogP contribution is -2.44. The summed E-state index contributed by atoms with van der Waals surface area (Å²) >= 11 is 0. The molecule has 3 heteroatoms. The molecule has 0 radical (unpaired) electrons. The van der Waals surface area contributed by atoms with Crippen LogP contribution < -0.4 is 5.73 Å². The van der Waals surface area contributed by atoms with Gasteiger partial charge >= 0.3 is 0 Å². The zero-order chi connectivity index (χ0) is 9.97. The number of methoxy groups -OCH3 is 1. The van der Waals surface area contributed by atoms with Crippen LogP contribution in [0.3, 0.4) is 0 Å². The summed E-state index contributed by atoms with van der Waals surface area (Å²) in [6.07, 6.45) is 8.08. The monoisotopic (exact) mass is 199 g/mol. The zero-order valence-corrected chi connectivity index (χ0v) is 8.95. The molecular formula is C11H21NO2. The minimum Gasteiger partial charge on any atom is -0.381 e. The standard InChI is InChI=1S/C11H21NO2/c1-13-9-3-2-4-10(7-9)14-11-5-8(12)6-11/h8-11H,2-7,12H2,1H3. The van der Waals surface area contributed by atoms with Gasteiger partial charge in [-0.05, 0) is 38.5 Å². The SMILES string of the molecule is COC1CCCC(OC2CC(N)C2)C1. The van der Waals surface area contributed by atoms with E-state index < -0.39 is 0 Å². The Morgan fingerprint density at radius 3 is 2.36 bits per heavy atom. The van der Waals surface area contributed by atoms with Crippen LogP contribution in [-0.4, -0.2) is 31.5 Å². The topological polar surface area (TPSA) is 44.5 Å². The van der Waals surface area contributed by atoms with Crippen molar-refractivity contribution in [1.82, 2.24) is 0 Å². The average Bonchev–Trinajstić information content (AvgIpc) is 2.16. The molecule has 0 spiro atoms. The quantitative estimate of drug-likeness (QED) is 0.748. The van der Waals surface area contributed by atoms with Gasteiger partial charge in [-0.25, -0.2) is 0 Å². The molecule has 2 unspecified atom stereocenters. The molecule has 2 N–H and O–H groups in total. The number of hydrogen-bond acceptors (Lipinski definition) is 3. The van der Waals surface area contributed by atoms with Crippen molar-refractivity contribution in [2.75, 3.05) is 7.11 Å². The van der Waals surface area contributed by atoms with Crippen molar-refractivity contribution in [1.29, 1.82) is 0 Å². The first-order valence-electron chi connectivity index (χ1n) is 5.71. The third-order valence-electron chi connectivity index (χ3n) is 3.43. The predicted octanol–water partition coefficient (Wildman–Crippen LogP) is 1.45. The summed E-state index contributed by atoms with van der Waals surface area (Å²) in [5.74, 6) is 0. The van der Waals surface area contributed by atoms with Crippen LogP contribution in [0.2, 0.25) is 0 Å². The molecule has 2 fully saturated rings. The van der Waals surface area contributed by atoms with Crippen LogP contribution in [0.25, 0.3) is 0 Å². The maximum atomic E-state index is 5.97. The lowest BCUT2D eigenvalue weighted by Gasteiger charge is -2.37. The molecule has 0 amide bonds. The molecule has 0 bridgehead atoms. The highest BCUT2D eigenvalue weighted by atomic mass is 16.5. The molecule has 0 aromatic carbocycles. The van der Waals surface area contributed by atoms with Crippen LogP contribution in [0.5, 0.6) is 0 Å². The Hall–Kier alpha value is -0.120. The van der Waals surface area contributed by atoms with Gasteiger partial charge in [0.1, 0.15) is 0 Å². The van der Waals surface area contributed by atoms with Crippen LogP contribution in [-0.2, 0) is 9.47 Å². The van der Waals surface area contributed by atoms with E-state index in [0.29, 0.717) is 24.4 Å². The third kappa shape index (κ3) is 2.47. The predicted molar refractivity (Wildman–Crippen MR) is 55.1 cm³/mol. The Morgan fingerprint density at radius 1 is 1.00 bits per heavy atom. The summed E-state index contributed by atoms with van der Waals surface area (Å²) in [6, 6.07) is 0.391. The van der Waals surface area contributed by atoms with Crippen molar-refractivity contribution < 1.29 is 9.47 Å². The van der Waals surface area contributed by atoms with Gasteiger partial charge in [0.15, 0.2) is 0 Å².